The van der Waals surface area contributed by atoms with E-state index < -0.39 is 5.97 Å². The third-order valence-electron chi connectivity index (χ3n) is 4.58. The van der Waals surface area contributed by atoms with E-state index in [1.165, 1.54) is 18.9 Å². The van der Waals surface area contributed by atoms with Crippen LogP contribution < -0.4 is 10.6 Å². The first-order chi connectivity index (χ1) is 14.0. The molecule has 0 aliphatic rings. The number of anilines is 3. The molecule has 0 saturated heterocycles. The number of carbonyl (C=O) groups excluding carboxylic acids is 2. The zero-order valence-electron chi connectivity index (χ0n) is 16.7. The lowest BCUT2D eigenvalue weighted by molar-refractivity contribution is 0.0600. The molecule has 0 atom stereocenters. The smallest absolute Gasteiger partial charge is 0.337 e. The Morgan fingerprint density at radius 2 is 1.72 bits per heavy atom. The molecule has 0 bridgehead atoms. The van der Waals surface area contributed by atoms with Gasteiger partial charge in [0.15, 0.2) is 0 Å². The summed E-state index contributed by atoms with van der Waals surface area (Å²) in [6.07, 6.45) is 2.45. The van der Waals surface area contributed by atoms with Crippen molar-refractivity contribution in [1.82, 2.24) is 4.98 Å². The van der Waals surface area contributed by atoms with Crippen LogP contribution in [0.15, 0.2) is 60.8 Å². The van der Waals surface area contributed by atoms with Crippen LogP contribution in [0.1, 0.15) is 38.8 Å². The van der Waals surface area contributed by atoms with E-state index in [2.05, 4.69) is 46.3 Å². The van der Waals surface area contributed by atoms with Crippen LogP contribution in [-0.4, -0.2) is 24.0 Å². The number of carbonyl (C=O) groups is 2. The van der Waals surface area contributed by atoms with E-state index in [0.29, 0.717) is 22.6 Å². The quantitative estimate of drug-likeness (QED) is 0.596. The Kier molecular flexibility index (Phi) is 6.24. The number of rotatable bonds is 6. The number of benzene rings is 2. The van der Waals surface area contributed by atoms with Crippen LogP contribution in [-0.2, 0) is 11.2 Å². The van der Waals surface area contributed by atoms with Gasteiger partial charge in [0.05, 0.1) is 18.2 Å². The highest BCUT2D eigenvalue weighted by molar-refractivity contribution is 6.04. The summed E-state index contributed by atoms with van der Waals surface area (Å²) in [5, 5.41) is 6.13. The fourth-order valence-corrected chi connectivity index (χ4v) is 2.94. The number of methoxy groups -OCH3 is 1. The fraction of sp³-hybridized carbons (Fsp3) is 0.174. The van der Waals surface area contributed by atoms with Crippen LogP contribution in [0.4, 0.5) is 17.2 Å². The van der Waals surface area contributed by atoms with Crippen molar-refractivity contribution in [3.8, 4) is 0 Å². The Hall–Kier alpha value is -3.67. The molecule has 29 heavy (non-hydrogen) atoms. The molecular weight excluding hydrogens is 366 g/mol. The van der Waals surface area contributed by atoms with Gasteiger partial charge in [-0.05, 0) is 60.9 Å². The molecule has 0 saturated carbocycles. The predicted molar refractivity (Wildman–Crippen MR) is 114 cm³/mol. The summed E-state index contributed by atoms with van der Waals surface area (Å²) in [6.45, 7) is 4.16. The minimum absolute atomic E-state index is 0.278. The maximum Gasteiger partial charge on any atom is 0.337 e. The lowest BCUT2D eigenvalue weighted by Gasteiger charge is -2.13. The molecular formula is C23H23N3O3. The number of aryl methyl sites for hydroxylation is 2. The number of pyridine rings is 1. The van der Waals surface area contributed by atoms with Gasteiger partial charge in [0.25, 0.3) is 5.91 Å². The van der Waals surface area contributed by atoms with Gasteiger partial charge in [-0.25, -0.2) is 9.78 Å². The van der Waals surface area contributed by atoms with Crippen molar-refractivity contribution in [2.45, 2.75) is 20.3 Å². The van der Waals surface area contributed by atoms with Crippen molar-refractivity contribution in [2.75, 3.05) is 17.7 Å². The standard InChI is InChI=1S/C23H23N3O3/c1-4-16-7-5-6-15(2)21(16)26-20-13-10-18(14-24-20)22(27)25-19-11-8-17(9-12-19)23(28)29-3/h5-14H,4H2,1-3H3,(H,24,26)(H,25,27). The van der Waals surface area contributed by atoms with E-state index >= 15 is 0 Å². The Bertz CT molecular complexity index is 1010. The molecule has 3 aromatic rings. The summed E-state index contributed by atoms with van der Waals surface area (Å²) >= 11 is 0. The number of hydrogen-bond donors (Lipinski definition) is 2. The summed E-state index contributed by atoms with van der Waals surface area (Å²) in [7, 11) is 1.33. The molecule has 1 aromatic heterocycles. The van der Waals surface area contributed by atoms with E-state index in [1.807, 2.05) is 6.07 Å². The summed E-state index contributed by atoms with van der Waals surface area (Å²) < 4.78 is 4.66. The molecule has 0 aliphatic heterocycles. The second kappa shape index (κ2) is 9.01. The van der Waals surface area contributed by atoms with E-state index in [0.717, 1.165) is 17.7 Å². The van der Waals surface area contributed by atoms with Crippen LogP contribution in [0.3, 0.4) is 0 Å². The van der Waals surface area contributed by atoms with E-state index in [9.17, 15) is 9.59 Å². The molecule has 1 heterocycles. The summed E-state index contributed by atoms with van der Waals surface area (Å²) in [4.78, 5) is 28.3. The van der Waals surface area contributed by atoms with Gasteiger partial charge in [-0.2, -0.15) is 0 Å². The second-order valence-corrected chi connectivity index (χ2v) is 6.54. The highest BCUT2D eigenvalue weighted by atomic mass is 16.5. The molecule has 0 aliphatic carbocycles. The molecule has 148 valence electrons. The third-order valence-corrected chi connectivity index (χ3v) is 4.58. The molecule has 6 nitrogen and oxygen atoms in total. The lowest BCUT2D eigenvalue weighted by atomic mass is 10.1. The zero-order valence-corrected chi connectivity index (χ0v) is 16.7. The molecule has 0 unspecified atom stereocenters. The lowest BCUT2D eigenvalue weighted by Crippen LogP contribution is -2.12. The van der Waals surface area contributed by atoms with Gasteiger partial charge in [0.2, 0.25) is 0 Å². The third kappa shape index (κ3) is 4.79. The maximum absolute atomic E-state index is 12.5. The Labute approximate surface area is 169 Å². The van der Waals surface area contributed by atoms with Gasteiger partial charge in [-0.15, -0.1) is 0 Å². The van der Waals surface area contributed by atoms with Crippen LogP contribution in [0, 0.1) is 6.92 Å². The van der Waals surface area contributed by atoms with Gasteiger partial charge < -0.3 is 15.4 Å². The predicted octanol–water partition coefficient (Wildman–Crippen LogP) is 4.73. The highest BCUT2D eigenvalue weighted by Crippen LogP contribution is 2.24. The first-order valence-electron chi connectivity index (χ1n) is 9.33. The first-order valence-corrected chi connectivity index (χ1v) is 9.33. The Balaban J connectivity index is 1.68. The number of hydrogen-bond acceptors (Lipinski definition) is 5. The van der Waals surface area contributed by atoms with Gasteiger partial charge in [0.1, 0.15) is 5.82 Å². The largest absolute Gasteiger partial charge is 0.465 e. The number of amides is 1. The minimum Gasteiger partial charge on any atom is -0.465 e. The minimum atomic E-state index is -0.421. The van der Waals surface area contributed by atoms with Gasteiger partial charge in [-0.3, -0.25) is 4.79 Å². The first kappa shape index (κ1) is 20.1. The average Bonchev–Trinajstić information content (AvgIpc) is 2.75. The normalized spacial score (nSPS) is 10.3. The van der Waals surface area contributed by atoms with Crippen molar-refractivity contribution in [1.29, 1.82) is 0 Å². The number of esters is 1. The molecule has 0 radical (unpaired) electrons. The van der Waals surface area contributed by atoms with E-state index in [1.54, 1.807) is 36.4 Å². The van der Waals surface area contributed by atoms with Crippen molar-refractivity contribution in [3.63, 3.8) is 0 Å². The fourth-order valence-electron chi connectivity index (χ4n) is 2.94. The molecule has 0 fully saturated rings. The topological polar surface area (TPSA) is 80.3 Å². The number of aromatic nitrogens is 1. The SMILES string of the molecule is CCc1cccc(C)c1Nc1ccc(C(=O)Nc2ccc(C(=O)OC)cc2)cn1. The molecule has 0 spiro atoms. The zero-order chi connectivity index (χ0) is 20.8. The molecule has 2 N–H and O–H groups in total. The monoisotopic (exact) mass is 389 g/mol. The molecule has 2 aromatic carbocycles. The van der Waals surface area contributed by atoms with Crippen molar-refractivity contribution < 1.29 is 14.3 Å². The summed E-state index contributed by atoms with van der Waals surface area (Å²) in [5.41, 5.74) is 4.84. The molecule has 3 rings (SSSR count). The van der Waals surface area contributed by atoms with Crippen molar-refractivity contribution >= 4 is 29.1 Å². The van der Waals surface area contributed by atoms with Crippen LogP contribution in [0.2, 0.25) is 0 Å². The van der Waals surface area contributed by atoms with E-state index in [-0.39, 0.29) is 5.91 Å². The van der Waals surface area contributed by atoms with Crippen molar-refractivity contribution in [2.24, 2.45) is 0 Å². The summed E-state index contributed by atoms with van der Waals surface area (Å²) in [5.74, 6) is -0.0250. The molecule has 1 amide bonds. The summed E-state index contributed by atoms with van der Waals surface area (Å²) in [6, 6.07) is 16.2. The molecule has 6 heteroatoms. The Morgan fingerprint density at radius 3 is 2.34 bits per heavy atom. The Morgan fingerprint density at radius 1 is 1.00 bits per heavy atom. The number of nitrogens with one attached hydrogen (secondary N) is 2. The number of ether oxygens (including phenoxy) is 1. The van der Waals surface area contributed by atoms with Crippen molar-refractivity contribution in [3.05, 3.63) is 83.0 Å². The maximum atomic E-state index is 12.5. The van der Waals surface area contributed by atoms with Crippen LogP contribution in [0.5, 0.6) is 0 Å². The van der Waals surface area contributed by atoms with E-state index in [4.69, 9.17) is 0 Å². The van der Waals surface area contributed by atoms with Gasteiger partial charge in [-0.1, -0.05) is 25.1 Å². The van der Waals surface area contributed by atoms with Crippen LogP contribution >= 0.6 is 0 Å². The van der Waals surface area contributed by atoms with Gasteiger partial charge in [0, 0.05) is 17.6 Å². The highest BCUT2D eigenvalue weighted by Gasteiger charge is 2.10. The number of nitrogens with zero attached hydrogens (tertiary/aromatic N) is 1. The average molecular weight is 389 g/mol. The second-order valence-electron chi connectivity index (χ2n) is 6.54. The number of para-hydroxylation sites is 1. The van der Waals surface area contributed by atoms with Gasteiger partial charge >= 0.3 is 5.97 Å². The van der Waals surface area contributed by atoms with Crippen LogP contribution in [0.25, 0.3) is 0 Å².